The van der Waals surface area contributed by atoms with Crippen LogP contribution in [0.3, 0.4) is 0 Å². The molecule has 13 rings (SSSR count). The van der Waals surface area contributed by atoms with Gasteiger partial charge < -0.3 is 4.57 Å². The highest BCUT2D eigenvalue weighted by Gasteiger charge is 2.23. The van der Waals surface area contributed by atoms with Crippen LogP contribution >= 0.6 is 11.3 Å². The first-order valence-electron chi connectivity index (χ1n) is 19.5. The lowest BCUT2D eigenvalue weighted by Crippen LogP contribution is -1.99. The molecule has 0 aliphatic rings. The first-order chi connectivity index (χ1) is 28.3. The van der Waals surface area contributed by atoms with E-state index in [9.17, 15) is 0 Å². The third-order valence-electron chi connectivity index (χ3n) is 12.1. The molecule has 9 aromatic carbocycles. The minimum Gasteiger partial charge on any atom is -0.309 e. The number of hydrogen-bond donors (Lipinski definition) is 0. The zero-order valence-corrected chi connectivity index (χ0v) is 31.5. The van der Waals surface area contributed by atoms with E-state index in [4.69, 9.17) is 4.98 Å². The van der Waals surface area contributed by atoms with Crippen molar-refractivity contribution in [2.75, 3.05) is 0 Å². The van der Waals surface area contributed by atoms with Gasteiger partial charge in [-0.1, -0.05) is 133 Å². The fraction of sp³-hybridized carbons (Fsp3) is 0. The van der Waals surface area contributed by atoms with E-state index in [0.29, 0.717) is 0 Å². The minimum absolute atomic E-state index is 0.980. The summed E-state index contributed by atoms with van der Waals surface area (Å²) in [7, 11) is 0. The Hall–Kier alpha value is -7.27. The Bertz CT molecular complexity index is 3810. The van der Waals surface area contributed by atoms with Gasteiger partial charge >= 0.3 is 0 Å². The average Bonchev–Trinajstić information content (AvgIpc) is 3.94. The van der Waals surface area contributed by atoms with Crippen LogP contribution in [0, 0.1) is 0 Å². The molecule has 3 nitrogen and oxygen atoms in total. The molecule has 0 spiro atoms. The SMILES string of the molecule is c1ccc(-n2c3ccccc3c3cc(-c4ccc5c(c4)c4ccccc4n5-c4nc5c6ccccc6c6ccccc6c5c5c4sc4ccccc45)ccc32)cc1. The topological polar surface area (TPSA) is 22.8 Å². The van der Waals surface area contributed by atoms with Crippen molar-refractivity contribution >= 4 is 108 Å². The van der Waals surface area contributed by atoms with Gasteiger partial charge in [0.05, 0.1) is 32.3 Å². The van der Waals surface area contributed by atoms with E-state index >= 15 is 0 Å². The zero-order valence-electron chi connectivity index (χ0n) is 30.6. The average molecular weight is 742 g/mol. The van der Waals surface area contributed by atoms with Gasteiger partial charge in [-0.05, 0) is 81.9 Å². The summed E-state index contributed by atoms with van der Waals surface area (Å²) in [4.78, 5) is 5.76. The van der Waals surface area contributed by atoms with Crippen LogP contribution < -0.4 is 0 Å². The third-order valence-corrected chi connectivity index (χ3v) is 13.2. The zero-order chi connectivity index (χ0) is 37.2. The maximum Gasteiger partial charge on any atom is 0.156 e. The van der Waals surface area contributed by atoms with Gasteiger partial charge in [-0.15, -0.1) is 11.3 Å². The van der Waals surface area contributed by atoms with Gasteiger partial charge in [0.25, 0.3) is 0 Å². The second-order valence-corrected chi connectivity index (χ2v) is 16.1. The maximum absolute atomic E-state index is 5.76. The molecule has 264 valence electrons. The van der Waals surface area contributed by atoms with Crippen LogP contribution in [-0.4, -0.2) is 14.1 Å². The standard InChI is InChI=1S/C53H31N3S/c1-2-14-34(15-3-1)55-44-23-11-8-18-37(44)42-30-32(26-28-46(42)55)33-27-29-47-43(31-33)38-19-9-12-24-45(38)56(47)53-52-50(41-22-10-13-25-48(41)57-52)49-39-20-6-4-16-35(39)36-17-5-7-21-40(36)51(49)54-53/h1-31H. The fourth-order valence-electron chi connectivity index (χ4n) is 9.64. The van der Waals surface area contributed by atoms with Gasteiger partial charge in [-0.2, -0.15) is 0 Å². The first-order valence-corrected chi connectivity index (χ1v) is 20.3. The van der Waals surface area contributed by atoms with E-state index in [1.807, 2.05) is 11.3 Å². The smallest absolute Gasteiger partial charge is 0.156 e. The summed E-state index contributed by atoms with van der Waals surface area (Å²) in [5.74, 6) is 0.980. The van der Waals surface area contributed by atoms with Crippen molar-refractivity contribution in [3.05, 3.63) is 188 Å². The van der Waals surface area contributed by atoms with Crippen LogP contribution in [-0.2, 0) is 0 Å². The molecule has 0 aliphatic carbocycles. The van der Waals surface area contributed by atoms with Crippen molar-refractivity contribution in [1.82, 2.24) is 14.1 Å². The van der Waals surface area contributed by atoms with Gasteiger partial charge in [0.2, 0.25) is 0 Å². The van der Waals surface area contributed by atoms with Crippen molar-refractivity contribution in [3.63, 3.8) is 0 Å². The van der Waals surface area contributed by atoms with Gasteiger partial charge in [0.1, 0.15) is 0 Å². The number of fused-ring (bicyclic) bond motifs is 16. The Morgan fingerprint density at radius 2 is 0.842 bits per heavy atom. The van der Waals surface area contributed by atoms with Crippen LogP contribution in [0.1, 0.15) is 0 Å². The molecule has 0 bridgehead atoms. The Labute approximate surface area is 330 Å². The third kappa shape index (κ3) is 4.28. The lowest BCUT2D eigenvalue weighted by Gasteiger charge is -2.15. The molecular weight excluding hydrogens is 711 g/mol. The van der Waals surface area contributed by atoms with Crippen LogP contribution in [0.5, 0.6) is 0 Å². The van der Waals surface area contributed by atoms with Crippen LogP contribution in [0.15, 0.2) is 188 Å². The maximum atomic E-state index is 5.76. The molecule has 0 amide bonds. The Balaban J connectivity index is 1.10. The van der Waals surface area contributed by atoms with Gasteiger partial charge in [0, 0.05) is 53.5 Å². The number of thiophene rings is 1. The molecule has 0 N–H and O–H groups in total. The molecule has 57 heavy (non-hydrogen) atoms. The molecule has 0 atom stereocenters. The van der Waals surface area contributed by atoms with E-state index in [1.165, 1.54) is 96.5 Å². The predicted molar refractivity (Wildman–Crippen MR) is 244 cm³/mol. The summed E-state index contributed by atoms with van der Waals surface area (Å²) in [6.07, 6.45) is 0. The Kier molecular flexibility index (Phi) is 6.32. The number of benzene rings is 9. The van der Waals surface area contributed by atoms with Crippen molar-refractivity contribution in [3.8, 4) is 22.6 Å². The molecule has 0 fully saturated rings. The van der Waals surface area contributed by atoms with Gasteiger partial charge in [0.15, 0.2) is 5.82 Å². The highest BCUT2D eigenvalue weighted by Crippen LogP contribution is 2.47. The highest BCUT2D eigenvalue weighted by atomic mass is 32.1. The van der Waals surface area contributed by atoms with Crippen molar-refractivity contribution in [1.29, 1.82) is 0 Å². The largest absolute Gasteiger partial charge is 0.309 e. The summed E-state index contributed by atoms with van der Waals surface area (Å²) >= 11 is 1.85. The molecule has 0 saturated heterocycles. The molecule has 0 saturated carbocycles. The van der Waals surface area contributed by atoms with Gasteiger partial charge in [-0.3, -0.25) is 4.57 Å². The predicted octanol–water partition coefficient (Wildman–Crippen LogP) is 14.8. The van der Waals surface area contributed by atoms with Crippen LogP contribution in [0.2, 0.25) is 0 Å². The summed E-state index contributed by atoms with van der Waals surface area (Å²) < 4.78 is 7.28. The molecule has 0 radical (unpaired) electrons. The van der Waals surface area contributed by atoms with Crippen molar-refractivity contribution in [2.45, 2.75) is 0 Å². The summed E-state index contributed by atoms with van der Waals surface area (Å²) in [5.41, 5.74) is 9.33. The molecule has 0 unspecified atom stereocenters. The second-order valence-electron chi connectivity index (χ2n) is 15.1. The summed E-state index contributed by atoms with van der Waals surface area (Å²) in [6.45, 7) is 0. The Morgan fingerprint density at radius 3 is 1.53 bits per heavy atom. The molecule has 4 heterocycles. The molecule has 4 aromatic heterocycles. The molecule has 4 heteroatoms. The van der Waals surface area contributed by atoms with Gasteiger partial charge in [-0.25, -0.2) is 4.98 Å². The molecule has 13 aromatic rings. The normalized spacial score (nSPS) is 12.2. The first kappa shape index (κ1) is 31.0. The van der Waals surface area contributed by atoms with Crippen LogP contribution in [0.25, 0.3) is 119 Å². The Morgan fingerprint density at radius 1 is 0.351 bits per heavy atom. The number of para-hydroxylation sites is 3. The number of nitrogens with zero attached hydrogens (tertiary/aromatic N) is 3. The second kappa shape index (κ2) is 11.6. The highest BCUT2D eigenvalue weighted by molar-refractivity contribution is 7.26. The van der Waals surface area contributed by atoms with E-state index in [1.54, 1.807) is 0 Å². The minimum atomic E-state index is 0.980. The summed E-state index contributed by atoms with van der Waals surface area (Å²) in [6, 6.07) is 68.7. The monoisotopic (exact) mass is 741 g/mol. The summed E-state index contributed by atoms with van der Waals surface area (Å²) in [5, 5.41) is 13.6. The lowest BCUT2D eigenvalue weighted by atomic mass is 9.94. The van der Waals surface area contributed by atoms with Crippen molar-refractivity contribution < 1.29 is 0 Å². The lowest BCUT2D eigenvalue weighted by molar-refractivity contribution is 1.13. The van der Waals surface area contributed by atoms with E-state index in [-0.39, 0.29) is 0 Å². The molecular formula is C53H31N3S. The van der Waals surface area contributed by atoms with Crippen molar-refractivity contribution in [2.24, 2.45) is 0 Å². The fourth-order valence-corrected chi connectivity index (χ4v) is 10.8. The number of aromatic nitrogens is 3. The number of pyridine rings is 1. The van der Waals surface area contributed by atoms with E-state index in [0.717, 1.165) is 22.4 Å². The quantitative estimate of drug-likeness (QED) is 0.165. The molecule has 0 aliphatic heterocycles. The van der Waals surface area contributed by atoms with Crippen LogP contribution in [0.4, 0.5) is 0 Å². The van der Waals surface area contributed by atoms with E-state index in [2.05, 4.69) is 197 Å². The number of hydrogen-bond acceptors (Lipinski definition) is 2. The van der Waals surface area contributed by atoms with E-state index < -0.39 is 0 Å². The number of rotatable bonds is 3.